The summed E-state index contributed by atoms with van der Waals surface area (Å²) in [4.78, 5) is 4.73. The van der Waals surface area contributed by atoms with Crippen molar-refractivity contribution in [2.45, 2.75) is 26.4 Å². The zero-order valence-corrected chi connectivity index (χ0v) is 18.1. The molecule has 0 bridgehead atoms. The van der Waals surface area contributed by atoms with Crippen LogP contribution in [0.3, 0.4) is 0 Å². The van der Waals surface area contributed by atoms with Crippen LogP contribution >= 0.6 is 11.6 Å². The smallest absolute Gasteiger partial charge is 0.155 e. The van der Waals surface area contributed by atoms with Crippen molar-refractivity contribution in [2.75, 3.05) is 30.4 Å². The lowest BCUT2D eigenvalue weighted by Crippen LogP contribution is -2.39. The van der Waals surface area contributed by atoms with E-state index in [4.69, 9.17) is 21.7 Å². The number of aromatic amines is 1. The molecule has 0 amide bonds. The highest BCUT2D eigenvalue weighted by Crippen LogP contribution is 2.26. The number of aromatic nitrogens is 4. The van der Waals surface area contributed by atoms with E-state index in [1.807, 2.05) is 30.7 Å². The number of imidazole rings is 1. The minimum absolute atomic E-state index is 0.0499. The quantitative estimate of drug-likeness (QED) is 0.341. The van der Waals surface area contributed by atoms with Gasteiger partial charge in [-0.15, -0.1) is 0 Å². The molecule has 0 aliphatic carbocycles. The summed E-state index contributed by atoms with van der Waals surface area (Å²) in [6.45, 7) is 4.90. The van der Waals surface area contributed by atoms with Crippen molar-refractivity contribution in [3.63, 3.8) is 0 Å². The van der Waals surface area contributed by atoms with Crippen molar-refractivity contribution < 1.29 is 9.50 Å². The topological polar surface area (TPSA) is 103 Å². The zero-order chi connectivity index (χ0) is 22.0. The number of fused-ring (bicyclic) bond motifs is 1. The van der Waals surface area contributed by atoms with Gasteiger partial charge in [-0.3, -0.25) is 10.5 Å². The Morgan fingerprint density at radius 2 is 2.13 bits per heavy atom. The summed E-state index contributed by atoms with van der Waals surface area (Å²) in [5.74, 6) is 1.11. The van der Waals surface area contributed by atoms with Gasteiger partial charge in [-0.25, -0.2) is 14.1 Å². The molecule has 1 unspecified atom stereocenters. The van der Waals surface area contributed by atoms with Crippen molar-refractivity contribution in [3.05, 3.63) is 69.7 Å². The van der Waals surface area contributed by atoms with Crippen molar-refractivity contribution in [1.29, 1.82) is 0 Å². The van der Waals surface area contributed by atoms with Gasteiger partial charge in [0.2, 0.25) is 0 Å². The number of nitrogens with one attached hydrogen (secondary N) is 4. The molecular formula is C21H25ClFN7O. The van der Waals surface area contributed by atoms with Gasteiger partial charge in [0.25, 0.3) is 0 Å². The molecule has 0 fully saturated rings. The monoisotopic (exact) mass is 445 g/mol. The molecule has 1 aliphatic rings. The number of aliphatic hydroxyl groups excluding tert-OH is 1. The Hall–Kier alpha value is -2.88. The van der Waals surface area contributed by atoms with E-state index in [9.17, 15) is 4.39 Å². The van der Waals surface area contributed by atoms with E-state index in [2.05, 4.69) is 26.3 Å². The van der Waals surface area contributed by atoms with Crippen LogP contribution in [0, 0.1) is 19.7 Å². The fraction of sp³-hybridized carbons (Fsp3) is 0.333. The SMILES string of the molecule is Cc1cc(NC2C=C(CNCCO)c3nc(C)c(Cc4ccc(Cl)cc4F)n3N2)n[nH]1. The van der Waals surface area contributed by atoms with E-state index in [1.165, 1.54) is 6.07 Å². The average molecular weight is 446 g/mol. The van der Waals surface area contributed by atoms with E-state index in [0.717, 1.165) is 28.5 Å². The normalized spacial score (nSPS) is 15.4. The number of benzene rings is 1. The van der Waals surface area contributed by atoms with Crippen LogP contribution in [0.5, 0.6) is 0 Å². The lowest BCUT2D eigenvalue weighted by molar-refractivity contribution is 0.295. The predicted molar refractivity (Wildman–Crippen MR) is 119 cm³/mol. The lowest BCUT2D eigenvalue weighted by atomic mass is 10.1. The fourth-order valence-corrected chi connectivity index (χ4v) is 3.75. The van der Waals surface area contributed by atoms with E-state index >= 15 is 0 Å². The third-order valence-corrected chi connectivity index (χ3v) is 5.32. The van der Waals surface area contributed by atoms with E-state index in [-0.39, 0.29) is 18.6 Å². The molecule has 1 aliphatic heterocycles. The van der Waals surface area contributed by atoms with Gasteiger partial charge in [0.15, 0.2) is 5.82 Å². The molecule has 31 heavy (non-hydrogen) atoms. The maximum Gasteiger partial charge on any atom is 0.155 e. The first-order chi connectivity index (χ1) is 14.9. The lowest BCUT2D eigenvalue weighted by Gasteiger charge is -2.28. The highest BCUT2D eigenvalue weighted by atomic mass is 35.5. The van der Waals surface area contributed by atoms with Gasteiger partial charge in [0.1, 0.15) is 17.8 Å². The molecule has 3 heterocycles. The van der Waals surface area contributed by atoms with Gasteiger partial charge in [0, 0.05) is 41.9 Å². The second-order valence-corrected chi connectivity index (χ2v) is 7.93. The number of halogens is 2. The number of aryl methyl sites for hydroxylation is 2. The van der Waals surface area contributed by atoms with Crippen LogP contribution in [-0.4, -0.2) is 50.8 Å². The third-order valence-electron chi connectivity index (χ3n) is 5.08. The van der Waals surface area contributed by atoms with Gasteiger partial charge >= 0.3 is 0 Å². The van der Waals surface area contributed by atoms with Crippen molar-refractivity contribution in [2.24, 2.45) is 0 Å². The van der Waals surface area contributed by atoms with Crippen LogP contribution in [-0.2, 0) is 6.42 Å². The van der Waals surface area contributed by atoms with Gasteiger partial charge in [-0.05, 0) is 37.6 Å². The number of nitrogens with zero attached hydrogens (tertiary/aromatic N) is 3. The number of hydrogen-bond acceptors (Lipinski definition) is 6. The molecule has 2 aromatic heterocycles. The van der Waals surface area contributed by atoms with Crippen LogP contribution in [0.2, 0.25) is 5.02 Å². The van der Waals surface area contributed by atoms with Gasteiger partial charge in [-0.2, -0.15) is 5.10 Å². The Labute approximate surface area is 184 Å². The minimum Gasteiger partial charge on any atom is -0.395 e. The molecule has 1 aromatic carbocycles. The molecule has 1 atom stereocenters. The van der Waals surface area contributed by atoms with Gasteiger partial charge < -0.3 is 15.7 Å². The second-order valence-electron chi connectivity index (χ2n) is 7.50. The summed E-state index contributed by atoms with van der Waals surface area (Å²) in [5, 5.41) is 23.2. The van der Waals surface area contributed by atoms with Gasteiger partial charge in [0.05, 0.1) is 18.0 Å². The Balaban J connectivity index is 1.66. The van der Waals surface area contributed by atoms with Crippen LogP contribution in [0.4, 0.5) is 10.2 Å². The van der Waals surface area contributed by atoms with Crippen LogP contribution in [0.15, 0.2) is 30.3 Å². The Morgan fingerprint density at radius 1 is 1.29 bits per heavy atom. The van der Waals surface area contributed by atoms with E-state index in [0.29, 0.717) is 35.9 Å². The number of anilines is 1. The van der Waals surface area contributed by atoms with Crippen molar-refractivity contribution in [3.8, 4) is 0 Å². The summed E-state index contributed by atoms with van der Waals surface area (Å²) in [6, 6.07) is 6.62. The van der Waals surface area contributed by atoms with Crippen LogP contribution < -0.4 is 16.1 Å². The number of aliphatic hydroxyl groups is 1. The fourth-order valence-electron chi connectivity index (χ4n) is 3.59. The van der Waals surface area contributed by atoms with Gasteiger partial charge in [-0.1, -0.05) is 17.7 Å². The third kappa shape index (κ3) is 4.73. The van der Waals surface area contributed by atoms with Crippen molar-refractivity contribution in [1.82, 2.24) is 25.2 Å². The first kappa shape index (κ1) is 21.4. The molecule has 3 aromatic rings. The summed E-state index contributed by atoms with van der Waals surface area (Å²) < 4.78 is 16.4. The molecule has 0 saturated heterocycles. The summed E-state index contributed by atoms with van der Waals surface area (Å²) in [7, 11) is 0. The summed E-state index contributed by atoms with van der Waals surface area (Å²) in [5.41, 5.74) is 7.52. The molecule has 8 nitrogen and oxygen atoms in total. The number of H-pyrrole nitrogens is 1. The maximum absolute atomic E-state index is 14.5. The summed E-state index contributed by atoms with van der Waals surface area (Å²) in [6.07, 6.45) is 2.13. The average Bonchev–Trinajstić information content (AvgIpc) is 3.27. The van der Waals surface area contributed by atoms with Crippen LogP contribution in [0.1, 0.15) is 28.5 Å². The number of rotatable bonds is 8. The Kier molecular flexibility index (Phi) is 6.26. The predicted octanol–water partition coefficient (Wildman–Crippen LogP) is 2.57. The Bertz CT molecular complexity index is 1110. The Morgan fingerprint density at radius 3 is 2.84 bits per heavy atom. The highest BCUT2D eigenvalue weighted by molar-refractivity contribution is 6.30. The second kappa shape index (κ2) is 9.09. The first-order valence-electron chi connectivity index (χ1n) is 10.0. The largest absolute Gasteiger partial charge is 0.395 e. The highest BCUT2D eigenvalue weighted by Gasteiger charge is 2.25. The van der Waals surface area contributed by atoms with E-state index < -0.39 is 0 Å². The molecule has 4 rings (SSSR count). The zero-order valence-electron chi connectivity index (χ0n) is 17.3. The van der Waals surface area contributed by atoms with Crippen LogP contribution in [0.25, 0.3) is 5.57 Å². The molecule has 164 valence electrons. The molecule has 0 spiro atoms. The standard InChI is InChI=1S/C21H25ClFN7O/c1-12-7-19(28-27-12)26-20-9-15(11-24-5-6-31)21-25-13(2)18(30(21)29-20)8-14-3-4-16(22)10-17(14)23/h3-4,7,9-10,20,24,29,31H,5-6,8,11H2,1-2H3,(H2,26,27,28). The molecule has 5 N–H and O–H groups in total. The van der Waals surface area contributed by atoms with E-state index in [1.54, 1.807) is 12.1 Å². The minimum atomic E-state index is -0.347. The van der Waals surface area contributed by atoms with Crippen molar-refractivity contribution >= 4 is 23.0 Å². The molecular weight excluding hydrogens is 421 g/mol. The first-order valence-corrected chi connectivity index (χ1v) is 10.4. The molecule has 0 radical (unpaired) electrons. The maximum atomic E-state index is 14.5. The number of hydrogen-bond donors (Lipinski definition) is 5. The summed E-state index contributed by atoms with van der Waals surface area (Å²) >= 11 is 5.90. The molecule has 10 heteroatoms. The molecule has 0 saturated carbocycles.